The third-order valence-electron chi connectivity index (χ3n) is 8.63. The number of fused-ring (bicyclic) bond motifs is 2. The van der Waals surface area contributed by atoms with E-state index in [9.17, 15) is 24.3 Å². The Kier molecular flexibility index (Phi) is 11.4. The first-order valence-electron chi connectivity index (χ1n) is 16.1. The zero-order valence-electron chi connectivity index (χ0n) is 27.2. The van der Waals surface area contributed by atoms with E-state index in [0.717, 1.165) is 17.5 Å². The quantitative estimate of drug-likeness (QED) is 0.256. The highest BCUT2D eigenvalue weighted by Gasteiger charge is 2.36. The standard InChI is InChI=1S/C36H42N4O8/c1-46-31-16-13-23(20-32(31)47-2)7-5-17-37-35(44)28-21-33(42)38-29(19-24-11-14-26(41)15-12-24)36(45)40-18-6-8-25(40)22-48-30-10-4-3-9-27(30)34(43)39-28/h3-4,9-16,20,25,28-29,41H,5-8,17-19,21-22H2,1-2H3,(H,37,44)(H,38,42)(H,39,43)/t25-,28+,29+/m1/s1. The van der Waals surface area contributed by atoms with Crippen molar-refractivity contribution >= 4 is 23.6 Å². The summed E-state index contributed by atoms with van der Waals surface area (Å²) in [4.78, 5) is 56.2. The van der Waals surface area contributed by atoms with Crippen molar-refractivity contribution < 1.29 is 38.5 Å². The first kappa shape index (κ1) is 34.1. The molecule has 4 N–H and O–H groups in total. The highest BCUT2D eigenvalue weighted by atomic mass is 16.5. The Morgan fingerprint density at radius 1 is 0.979 bits per heavy atom. The van der Waals surface area contributed by atoms with Gasteiger partial charge in [0.25, 0.3) is 5.91 Å². The zero-order valence-corrected chi connectivity index (χ0v) is 27.2. The van der Waals surface area contributed by atoms with E-state index < -0.39 is 29.8 Å². The first-order chi connectivity index (χ1) is 23.2. The summed E-state index contributed by atoms with van der Waals surface area (Å²) in [5.41, 5.74) is 1.96. The summed E-state index contributed by atoms with van der Waals surface area (Å²) in [5.74, 6) is -0.256. The molecule has 3 aromatic rings. The molecule has 0 bridgehead atoms. The summed E-state index contributed by atoms with van der Waals surface area (Å²) in [7, 11) is 3.14. The van der Waals surface area contributed by atoms with Gasteiger partial charge in [0.2, 0.25) is 17.7 Å². The molecule has 5 rings (SSSR count). The number of para-hydroxylation sites is 1. The number of rotatable bonds is 9. The van der Waals surface area contributed by atoms with Crippen LogP contribution < -0.4 is 30.2 Å². The second-order valence-corrected chi connectivity index (χ2v) is 11.9. The lowest BCUT2D eigenvalue weighted by atomic mass is 10.0. The minimum atomic E-state index is -1.22. The molecule has 0 saturated carbocycles. The molecule has 1 saturated heterocycles. The molecule has 3 atom stereocenters. The third-order valence-corrected chi connectivity index (χ3v) is 8.63. The van der Waals surface area contributed by atoms with E-state index >= 15 is 0 Å². The van der Waals surface area contributed by atoms with Crippen molar-refractivity contribution in [3.63, 3.8) is 0 Å². The van der Waals surface area contributed by atoms with Crippen LogP contribution in [0.25, 0.3) is 0 Å². The number of ether oxygens (including phenoxy) is 3. The lowest BCUT2D eigenvalue weighted by molar-refractivity contribution is -0.138. The first-order valence-corrected chi connectivity index (χ1v) is 16.1. The summed E-state index contributed by atoms with van der Waals surface area (Å²) >= 11 is 0. The number of benzene rings is 3. The molecule has 0 aliphatic carbocycles. The van der Waals surface area contributed by atoms with Crippen molar-refractivity contribution in [3.05, 3.63) is 83.4 Å². The monoisotopic (exact) mass is 658 g/mol. The highest BCUT2D eigenvalue weighted by molar-refractivity contribution is 6.01. The summed E-state index contributed by atoms with van der Waals surface area (Å²) < 4.78 is 16.8. The summed E-state index contributed by atoms with van der Waals surface area (Å²) in [5, 5.41) is 18.2. The predicted octanol–water partition coefficient (Wildman–Crippen LogP) is 2.76. The number of carbonyl (C=O) groups is 4. The number of aryl methyl sites for hydroxylation is 1. The Bertz CT molecular complexity index is 1610. The van der Waals surface area contributed by atoms with Crippen molar-refractivity contribution in [2.45, 2.75) is 56.7 Å². The topological polar surface area (TPSA) is 156 Å². The van der Waals surface area contributed by atoms with Crippen LogP contribution in [0.15, 0.2) is 66.7 Å². The molecule has 4 amide bonds. The number of hydrogen-bond donors (Lipinski definition) is 4. The molecule has 1 fully saturated rings. The van der Waals surface area contributed by atoms with Crippen molar-refractivity contribution in [1.82, 2.24) is 20.9 Å². The lowest BCUT2D eigenvalue weighted by Crippen LogP contribution is -2.54. The van der Waals surface area contributed by atoms with Gasteiger partial charge in [-0.25, -0.2) is 0 Å². The van der Waals surface area contributed by atoms with Crippen LogP contribution in [0.5, 0.6) is 23.0 Å². The molecule has 0 radical (unpaired) electrons. The number of methoxy groups -OCH3 is 2. The second kappa shape index (κ2) is 16.0. The number of hydrogen-bond acceptors (Lipinski definition) is 8. The molecule has 12 nitrogen and oxygen atoms in total. The van der Waals surface area contributed by atoms with Crippen molar-refractivity contribution in [3.8, 4) is 23.0 Å². The fourth-order valence-electron chi connectivity index (χ4n) is 6.08. The zero-order chi connectivity index (χ0) is 34.0. The molecule has 0 spiro atoms. The maximum absolute atomic E-state index is 13.9. The van der Waals surface area contributed by atoms with E-state index in [-0.39, 0.29) is 42.7 Å². The van der Waals surface area contributed by atoms with E-state index in [1.165, 1.54) is 12.1 Å². The molecule has 254 valence electrons. The van der Waals surface area contributed by atoms with Gasteiger partial charge in [0.05, 0.1) is 32.2 Å². The predicted molar refractivity (Wildman–Crippen MR) is 177 cm³/mol. The van der Waals surface area contributed by atoms with E-state index in [2.05, 4.69) is 16.0 Å². The van der Waals surface area contributed by atoms with Gasteiger partial charge in [-0.15, -0.1) is 0 Å². The summed E-state index contributed by atoms with van der Waals surface area (Å²) in [6, 6.07) is 16.4. The number of amides is 4. The molecule has 2 heterocycles. The van der Waals surface area contributed by atoms with Crippen LogP contribution >= 0.6 is 0 Å². The van der Waals surface area contributed by atoms with Crippen LogP contribution in [0.1, 0.15) is 47.2 Å². The Morgan fingerprint density at radius 3 is 2.50 bits per heavy atom. The van der Waals surface area contributed by atoms with Crippen LogP contribution in [0.3, 0.4) is 0 Å². The van der Waals surface area contributed by atoms with Crippen LogP contribution in [0.4, 0.5) is 0 Å². The Hall–Kier alpha value is -5.26. The molecule has 0 unspecified atom stereocenters. The minimum absolute atomic E-state index is 0.0884. The Morgan fingerprint density at radius 2 is 1.73 bits per heavy atom. The largest absolute Gasteiger partial charge is 0.508 e. The molecule has 3 aromatic carbocycles. The van der Waals surface area contributed by atoms with Crippen molar-refractivity contribution in [2.24, 2.45) is 0 Å². The maximum Gasteiger partial charge on any atom is 0.255 e. The molecule has 2 aliphatic heterocycles. The lowest BCUT2D eigenvalue weighted by Gasteiger charge is -2.30. The van der Waals surface area contributed by atoms with Crippen molar-refractivity contribution in [2.75, 3.05) is 33.9 Å². The average molecular weight is 659 g/mol. The van der Waals surface area contributed by atoms with Crippen LogP contribution in [0.2, 0.25) is 0 Å². The number of carbonyl (C=O) groups excluding carboxylic acids is 4. The van der Waals surface area contributed by atoms with Gasteiger partial charge in [0.1, 0.15) is 30.2 Å². The third kappa shape index (κ3) is 8.55. The average Bonchev–Trinajstić information content (AvgIpc) is 3.57. The summed E-state index contributed by atoms with van der Waals surface area (Å²) in [6.45, 7) is 0.963. The maximum atomic E-state index is 13.9. The smallest absolute Gasteiger partial charge is 0.255 e. The molecule has 48 heavy (non-hydrogen) atoms. The number of nitrogens with zero attached hydrogens (tertiary/aromatic N) is 1. The molecular formula is C36H42N4O8. The van der Waals surface area contributed by atoms with Crippen LogP contribution in [-0.4, -0.2) is 85.7 Å². The minimum Gasteiger partial charge on any atom is -0.508 e. The fraction of sp³-hybridized carbons (Fsp3) is 0.389. The number of phenolic OH excluding ortho intramolecular Hbond substituents is 1. The van der Waals surface area contributed by atoms with Gasteiger partial charge in [0, 0.05) is 19.5 Å². The molecular weight excluding hydrogens is 616 g/mol. The molecule has 12 heteroatoms. The van der Waals surface area contributed by atoms with Gasteiger partial charge in [-0.2, -0.15) is 0 Å². The normalized spacial score (nSPS) is 19.9. The van der Waals surface area contributed by atoms with E-state index in [1.807, 2.05) is 18.2 Å². The highest BCUT2D eigenvalue weighted by Crippen LogP contribution is 2.28. The van der Waals surface area contributed by atoms with Gasteiger partial charge in [-0.1, -0.05) is 30.3 Å². The van der Waals surface area contributed by atoms with Gasteiger partial charge < -0.3 is 40.2 Å². The van der Waals surface area contributed by atoms with Gasteiger partial charge in [-0.3, -0.25) is 19.2 Å². The van der Waals surface area contributed by atoms with Gasteiger partial charge >= 0.3 is 0 Å². The number of aromatic hydroxyl groups is 1. The summed E-state index contributed by atoms with van der Waals surface area (Å²) in [6.07, 6.45) is 2.51. The van der Waals surface area contributed by atoms with Gasteiger partial charge in [-0.05, 0) is 73.2 Å². The SMILES string of the molecule is COc1ccc(CCCNC(=O)[C@@H]2CC(=O)N[C@@H](Cc3ccc(O)cc3)C(=O)N3CCC[C@@H]3COc3ccccc3C(=O)N2)cc1OC. The Labute approximate surface area is 279 Å². The molecule has 2 aliphatic rings. The molecule has 0 aromatic heterocycles. The number of phenols is 1. The van der Waals surface area contributed by atoms with Crippen molar-refractivity contribution in [1.29, 1.82) is 0 Å². The Balaban J connectivity index is 1.34. The van der Waals surface area contributed by atoms with E-state index in [1.54, 1.807) is 55.5 Å². The second-order valence-electron chi connectivity index (χ2n) is 11.9. The van der Waals surface area contributed by atoms with Crippen LogP contribution in [0, 0.1) is 0 Å². The van der Waals surface area contributed by atoms with Gasteiger partial charge in [0.15, 0.2) is 11.5 Å². The van der Waals surface area contributed by atoms with E-state index in [4.69, 9.17) is 14.2 Å². The number of nitrogens with one attached hydrogen (secondary N) is 3. The fourth-order valence-corrected chi connectivity index (χ4v) is 6.08. The van der Waals surface area contributed by atoms with E-state index in [0.29, 0.717) is 49.6 Å². The van der Waals surface area contributed by atoms with Crippen LogP contribution in [-0.2, 0) is 27.2 Å².